The number of benzene rings is 2. The normalized spacial score (nSPS) is 16.3. The zero-order chi connectivity index (χ0) is 19.8. The number of hydrogen-bond donors (Lipinski definition) is 1. The summed E-state index contributed by atoms with van der Waals surface area (Å²) in [6, 6.07) is 12.3. The van der Waals surface area contributed by atoms with E-state index in [1.54, 1.807) is 42.3 Å². The van der Waals surface area contributed by atoms with Gasteiger partial charge in [-0.3, -0.25) is 4.79 Å². The molecule has 1 N–H and O–H groups in total. The Morgan fingerprint density at radius 3 is 2.48 bits per heavy atom. The first kappa shape index (κ1) is 19.9. The molecular formula is C20H23ClN2O3S. The van der Waals surface area contributed by atoms with E-state index in [9.17, 15) is 13.2 Å². The van der Waals surface area contributed by atoms with Crippen LogP contribution in [-0.2, 0) is 26.7 Å². The standard InChI is InChI=1S/C20H23ClN2O3S/c1-20(2)13-19(24)23(3)18-9-8-16(12-17(18)20)27(25,26)22-11-10-14-4-6-15(21)7-5-14/h4-9,12,22H,10-11,13H2,1-3H3. The Hall–Kier alpha value is -1.89. The molecule has 0 unspecified atom stereocenters. The number of carbonyl (C=O) groups excluding carboxylic acids is 1. The maximum atomic E-state index is 12.7. The number of rotatable bonds is 5. The van der Waals surface area contributed by atoms with Crippen molar-refractivity contribution < 1.29 is 13.2 Å². The van der Waals surface area contributed by atoms with Crippen LogP contribution in [0, 0.1) is 0 Å². The number of halogens is 1. The Kier molecular flexibility index (Phi) is 5.34. The molecule has 0 radical (unpaired) electrons. The zero-order valence-electron chi connectivity index (χ0n) is 15.6. The molecule has 144 valence electrons. The molecule has 5 nitrogen and oxygen atoms in total. The lowest BCUT2D eigenvalue weighted by atomic mass is 9.77. The van der Waals surface area contributed by atoms with Crippen molar-refractivity contribution >= 4 is 33.2 Å². The molecule has 0 aromatic heterocycles. The van der Waals surface area contributed by atoms with Crippen LogP contribution >= 0.6 is 11.6 Å². The Bertz CT molecular complexity index is 969. The number of sulfonamides is 1. The summed E-state index contributed by atoms with van der Waals surface area (Å²) in [7, 11) is -1.92. The summed E-state index contributed by atoms with van der Waals surface area (Å²) in [4.78, 5) is 13.9. The van der Waals surface area contributed by atoms with Gasteiger partial charge in [0.1, 0.15) is 0 Å². The smallest absolute Gasteiger partial charge is 0.240 e. The molecule has 1 aliphatic rings. The van der Waals surface area contributed by atoms with Crippen molar-refractivity contribution in [2.45, 2.75) is 37.0 Å². The predicted molar refractivity (Wildman–Crippen MR) is 108 cm³/mol. The van der Waals surface area contributed by atoms with Gasteiger partial charge in [0.15, 0.2) is 0 Å². The fourth-order valence-electron chi connectivity index (χ4n) is 3.31. The second kappa shape index (κ2) is 7.26. The van der Waals surface area contributed by atoms with Gasteiger partial charge in [-0.25, -0.2) is 13.1 Å². The first-order chi connectivity index (χ1) is 12.6. The van der Waals surface area contributed by atoms with Crippen LogP contribution in [0.2, 0.25) is 5.02 Å². The highest BCUT2D eigenvalue weighted by molar-refractivity contribution is 7.89. The van der Waals surface area contributed by atoms with E-state index in [1.165, 1.54) is 0 Å². The highest BCUT2D eigenvalue weighted by Gasteiger charge is 2.36. The number of nitrogens with one attached hydrogen (secondary N) is 1. The van der Waals surface area contributed by atoms with Crippen LogP contribution in [0.3, 0.4) is 0 Å². The molecular weight excluding hydrogens is 384 g/mol. The van der Waals surface area contributed by atoms with Gasteiger partial charge < -0.3 is 4.90 Å². The van der Waals surface area contributed by atoms with E-state index in [1.807, 2.05) is 26.0 Å². The van der Waals surface area contributed by atoms with Gasteiger partial charge in [0.25, 0.3) is 0 Å². The lowest BCUT2D eigenvalue weighted by Gasteiger charge is -2.37. The SMILES string of the molecule is CN1C(=O)CC(C)(C)c2cc(S(=O)(=O)NCCc3ccc(Cl)cc3)ccc21. The maximum Gasteiger partial charge on any atom is 0.240 e. The van der Waals surface area contributed by atoms with E-state index in [0.717, 1.165) is 16.8 Å². The van der Waals surface area contributed by atoms with Gasteiger partial charge in [0.05, 0.1) is 4.90 Å². The van der Waals surface area contributed by atoms with Crippen molar-refractivity contribution in [2.24, 2.45) is 0 Å². The Morgan fingerprint density at radius 2 is 1.81 bits per heavy atom. The molecule has 0 bridgehead atoms. The van der Waals surface area contributed by atoms with Crippen molar-refractivity contribution in [2.75, 3.05) is 18.5 Å². The summed E-state index contributed by atoms with van der Waals surface area (Å²) < 4.78 is 28.1. The van der Waals surface area contributed by atoms with Gasteiger partial charge in [0, 0.05) is 36.1 Å². The molecule has 27 heavy (non-hydrogen) atoms. The number of anilines is 1. The molecule has 7 heteroatoms. The maximum absolute atomic E-state index is 12.7. The van der Waals surface area contributed by atoms with Crippen LogP contribution in [0.1, 0.15) is 31.4 Å². The topological polar surface area (TPSA) is 66.5 Å². The largest absolute Gasteiger partial charge is 0.315 e. The van der Waals surface area contributed by atoms with Gasteiger partial charge in [-0.05, 0) is 47.9 Å². The summed E-state index contributed by atoms with van der Waals surface area (Å²) in [6.07, 6.45) is 0.925. The highest BCUT2D eigenvalue weighted by Crippen LogP contribution is 2.40. The molecule has 0 spiro atoms. The number of carbonyl (C=O) groups is 1. The van der Waals surface area contributed by atoms with E-state index >= 15 is 0 Å². The lowest BCUT2D eigenvalue weighted by molar-refractivity contribution is -0.119. The summed E-state index contributed by atoms with van der Waals surface area (Å²) in [5, 5.41) is 0.652. The average molecular weight is 407 g/mol. The van der Waals surface area contributed by atoms with Crippen LogP contribution in [0.25, 0.3) is 0 Å². The average Bonchev–Trinajstić information content (AvgIpc) is 2.61. The number of fused-ring (bicyclic) bond motifs is 1. The number of hydrogen-bond acceptors (Lipinski definition) is 3. The Labute approximate surface area is 165 Å². The van der Waals surface area contributed by atoms with Crippen LogP contribution in [0.5, 0.6) is 0 Å². The minimum Gasteiger partial charge on any atom is -0.315 e. The second-order valence-corrected chi connectivity index (χ2v) is 9.67. The van der Waals surface area contributed by atoms with E-state index in [-0.39, 0.29) is 10.8 Å². The molecule has 1 amide bonds. The third kappa shape index (κ3) is 4.18. The molecule has 0 saturated heterocycles. The predicted octanol–water partition coefficient (Wildman–Crippen LogP) is 3.51. The third-order valence-corrected chi connectivity index (χ3v) is 6.67. The molecule has 2 aromatic rings. The van der Waals surface area contributed by atoms with Crippen molar-refractivity contribution in [1.29, 1.82) is 0 Å². The van der Waals surface area contributed by atoms with E-state index < -0.39 is 15.4 Å². The van der Waals surface area contributed by atoms with Crippen LogP contribution in [0.15, 0.2) is 47.4 Å². The molecule has 0 saturated carbocycles. The lowest BCUT2D eigenvalue weighted by Crippen LogP contribution is -2.39. The third-order valence-electron chi connectivity index (χ3n) is 4.96. The number of amides is 1. The van der Waals surface area contributed by atoms with Crippen molar-refractivity contribution in [3.63, 3.8) is 0 Å². The Morgan fingerprint density at radius 1 is 1.15 bits per heavy atom. The van der Waals surface area contributed by atoms with Crippen molar-refractivity contribution in [3.8, 4) is 0 Å². The molecule has 0 aliphatic carbocycles. The van der Waals surface area contributed by atoms with Gasteiger partial charge in [-0.2, -0.15) is 0 Å². The molecule has 1 aliphatic heterocycles. The summed E-state index contributed by atoms with van der Waals surface area (Å²) in [6.45, 7) is 4.21. The summed E-state index contributed by atoms with van der Waals surface area (Å²) in [5.74, 6) is 0.0317. The van der Waals surface area contributed by atoms with Gasteiger partial charge >= 0.3 is 0 Å². The molecule has 3 rings (SSSR count). The van der Waals surface area contributed by atoms with Gasteiger partial charge in [-0.1, -0.05) is 37.6 Å². The molecule has 2 aromatic carbocycles. The molecule has 0 fully saturated rings. The van der Waals surface area contributed by atoms with Crippen LogP contribution in [-0.4, -0.2) is 27.9 Å². The van der Waals surface area contributed by atoms with Crippen molar-refractivity contribution in [1.82, 2.24) is 4.72 Å². The second-order valence-electron chi connectivity index (χ2n) is 7.47. The molecule has 0 atom stereocenters. The van der Waals surface area contributed by atoms with Crippen LogP contribution < -0.4 is 9.62 Å². The molecule has 1 heterocycles. The quantitative estimate of drug-likeness (QED) is 0.826. The number of nitrogens with zero attached hydrogens (tertiary/aromatic N) is 1. The van der Waals surface area contributed by atoms with E-state index in [4.69, 9.17) is 11.6 Å². The Balaban J connectivity index is 1.79. The highest BCUT2D eigenvalue weighted by atomic mass is 35.5. The van der Waals surface area contributed by atoms with Gasteiger partial charge in [0.2, 0.25) is 15.9 Å². The fraction of sp³-hybridized carbons (Fsp3) is 0.350. The minimum atomic E-state index is -3.63. The zero-order valence-corrected chi connectivity index (χ0v) is 17.2. The monoisotopic (exact) mass is 406 g/mol. The van der Waals surface area contributed by atoms with E-state index in [0.29, 0.717) is 24.4 Å². The minimum absolute atomic E-state index is 0.0317. The van der Waals surface area contributed by atoms with E-state index in [2.05, 4.69) is 4.72 Å². The summed E-state index contributed by atoms with van der Waals surface area (Å²) >= 11 is 5.86. The van der Waals surface area contributed by atoms with Gasteiger partial charge in [-0.15, -0.1) is 0 Å². The van der Waals surface area contributed by atoms with Crippen LogP contribution in [0.4, 0.5) is 5.69 Å². The first-order valence-corrected chi connectivity index (χ1v) is 10.6. The summed E-state index contributed by atoms with van der Waals surface area (Å²) in [5.41, 5.74) is 2.23. The first-order valence-electron chi connectivity index (χ1n) is 8.75. The fourth-order valence-corrected chi connectivity index (χ4v) is 4.49. The van der Waals surface area contributed by atoms with Crippen molar-refractivity contribution in [3.05, 3.63) is 58.6 Å².